The number of nitrogens with one attached hydrogen (secondary N) is 1. The smallest absolute Gasteiger partial charge is 0.275 e. The van der Waals surface area contributed by atoms with Crippen LogP contribution in [-0.4, -0.2) is 44.9 Å². The third kappa shape index (κ3) is 4.01. The molecule has 0 aliphatic rings. The molecular weight excluding hydrogens is 272 g/mol. The Bertz CT molecular complexity index is 468. The van der Waals surface area contributed by atoms with E-state index in [1.807, 2.05) is 6.26 Å². The van der Waals surface area contributed by atoms with Crippen LogP contribution < -0.4 is 5.32 Å². The van der Waals surface area contributed by atoms with Gasteiger partial charge >= 0.3 is 0 Å². The Kier molecular flexibility index (Phi) is 5.71. The first-order valence-corrected chi connectivity index (χ1v) is 8.45. The first-order chi connectivity index (χ1) is 8.37. The molecule has 5 nitrogen and oxygen atoms in total. The monoisotopic (exact) mass is 292 g/mol. The molecule has 1 aromatic rings. The normalized spacial score (nSPS) is 14.1. The molecule has 0 saturated carbocycles. The number of hydrogen-bond donors (Lipinski definition) is 1. The molecule has 0 fully saturated rings. The highest BCUT2D eigenvalue weighted by Crippen LogP contribution is 2.16. The van der Waals surface area contributed by atoms with Crippen LogP contribution in [0.4, 0.5) is 0 Å². The van der Waals surface area contributed by atoms with Gasteiger partial charge in [-0.05, 0) is 25.3 Å². The van der Waals surface area contributed by atoms with Crippen LogP contribution in [0.15, 0.2) is 21.6 Å². The summed E-state index contributed by atoms with van der Waals surface area (Å²) in [6.45, 7) is 2.61. The standard InChI is InChI=1S/C11H20N2O3S2/c1-9(8-17-4)12-7-10-5-6-11(16-10)18(14,15)13(2)3/h5-6,9,12H,7-8H2,1-4H3. The highest BCUT2D eigenvalue weighted by molar-refractivity contribution is 7.98. The van der Waals surface area contributed by atoms with Crippen molar-refractivity contribution in [2.24, 2.45) is 0 Å². The van der Waals surface area contributed by atoms with Gasteiger partial charge in [-0.2, -0.15) is 11.8 Å². The van der Waals surface area contributed by atoms with Crippen LogP contribution in [0, 0.1) is 0 Å². The third-order valence-electron chi connectivity index (χ3n) is 2.41. The van der Waals surface area contributed by atoms with Gasteiger partial charge in [-0.1, -0.05) is 0 Å². The zero-order chi connectivity index (χ0) is 13.8. The van der Waals surface area contributed by atoms with E-state index in [2.05, 4.69) is 12.2 Å². The fourth-order valence-corrected chi connectivity index (χ4v) is 2.79. The van der Waals surface area contributed by atoms with Gasteiger partial charge in [0.15, 0.2) is 0 Å². The molecule has 0 spiro atoms. The lowest BCUT2D eigenvalue weighted by Crippen LogP contribution is -2.27. The zero-order valence-corrected chi connectivity index (χ0v) is 12.8. The summed E-state index contributed by atoms with van der Waals surface area (Å²) in [6, 6.07) is 3.54. The molecule has 0 bridgehead atoms. The largest absolute Gasteiger partial charge is 0.447 e. The predicted molar refractivity (Wildman–Crippen MR) is 74.3 cm³/mol. The van der Waals surface area contributed by atoms with E-state index in [0.717, 1.165) is 10.1 Å². The molecule has 0 aromatic carbocycles. The van der Waals surface area contributed by atoms with Crippen molar-refractivity contribution < 1.29 is 12.8 Å². The van der Waals surface area contributed by atoms with Crippen molar-refractivity contribution in [3.63, 3.8) is 0 Å². The van der Waals surface area contributed by atoms with Crippen LogP contribution in [-0.2, 0) is 16.6 Å². The van der Waals surface area contributed by atoms with Gasteiger partial charge in [0, 0.05) is 25.9 Å². The van der Waals surface area contributed by atoms with Crippen LogP contribution in [0.3, 0.4) is 0 Å². The van der Waals surface area contributed by atoms with E-state index < -0.39 is 10.0 Å². The molecular formula is C11H20N2O3S2. The molecule has 1 N–H and O–H groups in total. The van der Waals surface area contributed by atoms with Crippen molar-refractivity contribution in [2.75, 3.05) is 26.1 Å². The van der Waals surface area contributed by atoms with E-state index in [4.69, 9.17) is 4.42 Å². The second-order valence-corrected chi connectivity index (χ2v) is 7.24. The predicted octanol–water partition coefficient (Wildman–Crippen LogP) is 1.37. The second-order valence-electron chi connectivity index (χ2n) is 4.25. The molecule has 1 aromatic heterocycles. The lowest BCUT2D eigenvalue weighted by molar-refractivity contribution is 0.384. The van der Waals surface area contributed by atoms with Crippen LogP contribution in [0.25, 0.3) is 0 Å². The van der Waals surface area contributed by atoms with Gasteiger partial charge in [-0.25, -0.2) is 12.7 Å². The van der Waals surface area contributed by atoms with Crippen molar-refractivity contribution in [2.45, 2.75) is 24.6 Å². The van der Waals surface area contributed by atoms with Gasteiger partial charge in [0.25, 0.3) is 10.0 Å². The average Bonchev–Trinajstić information content (AvgIpc) is 2.75. The fraction of sp³-hybridized carbons (Fsp3) is 0.636. The quantitative estimate of drug-likeness (QED) is 0.822. The Labute approximate surface area is 113 Å². The van der Waals surface area contributed by atoms with Crippen molar-refractivity contribution in [1.29, 1.82) is 0 Å². The number of hydrogen-bond acceptors (Lipinski definition) is 5. The summed E-state index contributed by atoms with van der Waals surface area (Å²) in [7, 11) is -0.505. The lowest BCUT2D eigenvalue weighted by atomic mass is 10.3. The topological polar surface area (TPSA) is 62.6 Å². The summed E-state index contributed by atoms with van der Waals surface area (Å²) in [5.41, 5.74) is 0. The molecule has 104 valence electrons. The van der Waals surface area contributed by atoms with Crippen molar-refractivity contribution in [3.05, 3.63) is 17.9 Å². The van der Waals surface area contributed by atoms with Gasteiger partial charge in [-0.3, -0.25) is 0 Å². The van der Waals surface area contributed by atoms with Crippen LogP contribution >= 0.6 is 11.8 Å². The molecule has 0 amide bonds. The highest BCUT2D eigenvalue weighted by atomic mass is 32.2. The number of sulfonamides is 1. The van der Waals surface area contributed by atoms with E-state index in [0.29, 0.717) is 18.3 Å². The number of nitrogens with zero attached hydrogens (tertiary/aromatic N) is 1. The first-order valence-electron chi connectivity index (χ1n) is 5.61. The minimum atomic E-state index is -3.47. The van der Waals surface area contributed by atoms with Gasteiger partial charge < -0.3 is 9.73 Å². The summed E-state index contributed by atoms with van der Waals surface area (Å²) in [4.78, 5) is 0. The third-order valence-corrected chi connectivity index (χ3v) is 4.94. The molecule has 1 rings (SSSR count). The maximum absolute atomic E-state index is 11.8. The van der Waals surface area contributed by atoms with Gasteiger partial charge in [0.2, 0.25) is 5.09 Å². The van der Waals surface area contributed by atoms with Crippen LogP contribution in [0.2, 0.25) is 0 Å². The number of thioether (sulfide) groups is 1. The summed E-state index contributed by atoms with van der Waals surface area (Å²) in [6.07, 6.45) is 2.05. The van der Waals surface area contributed by atoms with E-state index in [1.54, 1.807) is 17.8 Å². The Morgan fingerprint density at radius 2 is 2.11 bits per heavy atom. The maximum atomic E-state index is 11.8. The SMILES string of the molecule is CSCC(C)NCc1ccc(S(=O)(=O)N(C)C)o1. The van der Waals surface area contributed by atoms with Crippen LogP contribution in [0.5, 0.6) is 0 Å². The van der Waals surface area contributed by atoms with Gasteiger partial charge in [0.05, 0.1) is 6.54 Å². The molecule has 7 heteroatoms. The average molecular weight is 292 g/mol. The maximum Gasteiger partial charge on any atom is 0.275 e. The molecule has 0 aliphatic carbocycles. The fourth-order valence-electron chi connectivity index (χ4n) is 1.36. The van der Waals surface area contributed by atoms with Gasteiger partial charge in [0.1, 0.15) is 5.76 Å². The number of rotatable bonds is 7. The summed E-state index contributed by atoms with van der Waals surface area (Å²) in [5.74, 6) is 1.63. The van der Waals surface area contributed by atoms with Crippen molar-refractivity contribution >= 4 is 21.8 Å². The minimum Gasteiger partial charge on any atom is -0.447 e. The first kappa shape index (κ1) is 15.6. The molecule has 1 unspecified atom stereocenters. The van der Waals surface area contributed by atoms with Crippen LogP contribution in [0.1, 0.15) is 12.7 Å². The Balaban J connectivity index is 2.65. The Morgan fingerprint density at radius 3 is 2.67 bits per heavy atom. The lowest BCUT2D eigenvalue weighted by Gasteiger charge is -2.11. The van der Waals surface area contributed by atoms with E-state index in [9.17, 15) is 8.42 Å². The second kappa shape index (κ2) is 6.60. The zero-order valence-electron chi connectivity index (χ0n) is 11.1. The number of furan rings is 1. The molecule has 0 aliphatic heterocycles. The molecule has 18 heavy (non-hydrogen) atoms. The Morgan fingerprint density at radius 1 is 1.44 bits per heavy atom. The van der Waals surface area contributed by atoms with Crippen molar-refractivity contribution in [3.8, 4) is 0 Å². The van der Waals surface area contributed by atoms with Gasteiger partial charge in [-0.15, -0.1) is 0 Å². The van der Waals surface area contributed by atoms with Crippen molar-refractivity contribution in [1.82, 2.24) is 9.62 Å². The molecule has 1 heterocycles. The summed E-state index contributed by atoms with van der Waals surface area (Å²) in [5, 5.41) is 3.26. The summed E-state index contributed by atoms with van der Waals surface area (Å²) >= 11 is 1.76. The highest BCUT2D eigenvalue weighted by Gasteiger charge is 2.21. The molecule has 0 radical (unpaired) electrons. The van der Waals surface area contributed by atoms with E-state index >= 15 is 0 Å². The molecule has 1 atom stereocenters. The minimum absolute atomic E-state index is 0.0122. The molecule has 0 saturated heterocycles. The van der Waals surface area contributed by atoms with E-state index in [1.165, 1.54) is 20.2 Å². The summed E-state index contributed by atoms with van der Waals surface area (Å²) < 4.78 is 30.1. The van der Waals surface area contributed by atoms with E-state index in [-0.39, 0.29) is 5.09 Å². The Hall–Kier alpha value is -0.500.